The first-order valence-corrected chi connectivity index (χ1v) is 9.29. The summed E-state index contributed by atoms with van der Waals surface area (Å²) in [6.07, 6.45) is 1.49. The Hall–Kier alpha value is -3.01. The third-order valence-electron chi connectivity index (χ3n) is 3.59. The number of hydrogen-bond donors (Lipinski definition) is 2. The van der Waals surface area contributed by atoms with E-state index in [2.05, 4.69) is 38.2 Å². The minimum atomic E-state index is -0.551. The molecule has 0 radical (unpaired) electrons. The Morgan fingerprint density at radius 3 is 2.50 bits per heavy atom. The van der Waals surface area contributed by atoms with Crippen molar-refractivity contribution < 1.29 is 18.7 Å². The van der Waals surface area contributed by atoms with Gasteiger partial charge in [-0.05, 0) is 77.2 Å². The fourth-order valence-electron chi connectivity index (χ4n) is 2.28. The molecule has 2 aromatic carbocycles. The van der Waals surface area contributed by atoms with Crippen LogP contribution in [0, 0.1) is 9.39 Å². The quantitative estimate of drug-likeness (QED) is 0.510. The number of benzene rings is 2. The van der Waals surface area contributed by atoms with Gasteiger partial charge in [0.05, 0.1) is 11.4 Å². The number of ether oxygens (including phenoxy) is 1. The van der Waals surface area contributed by atoms with Crippen molar-refractivity contribution in [2.75, 3.05) is 17.2 Å². The Kier molecular flexibility index (Phi) is 6.53. The lowest BCUT2D eigenvalue weighted by Crippen LogP contribution is -2.22. The highest BCUT2D eigenvalue weighted by molar-refractivity contribution is 14.1. The Bertz CT molecular complexity index is 982. The molecule has 0 saturated carbocycles. The molecule has 0 spiro atoms. The number of halogens is 2. The van der Waals surface area contributed by atoms with Gasteiger partial charge in [0.2, 0.25) is 0 Å². The van der Waals surface area contributed by atoms with E-state index in [1.165, 1.54) is 18.3 Å². The van der Waals surface area contributed by atoms with Gasteiger partial charge in [0.15, 0.2) is 6.61 Å². The van der Waals surface area contributed by atoms with Crippen LogP contribution in [0.4, 0.5) is 15.8 Å². The highest BCUT2D eigenvalue weighted by atomic mass is 127. The first-order valence-electron chi connectivity index (χ1n) is 8.21. The van der Waals surface area contributed by atoms with Gasteiger partial charge in [-0.25, -0.2) is 4.39 Å². The van der Waals surface area contributed by atoms with Gasteiger partial charge in [0.25, 0.3) is 11.8 Å². The summed E-state index contributed by atoms with van der Waals surface area (Å²) >= 11 is 2.16. The van der Waals surface area contributed by atoms with Crippen LogP contribution in [0.25, 0.3) is 0 Å². The molecular formula is C20H15FIN3O3. The number of amides is 2. The van der Waals surface area contributed by atoms with Gasteiger partial charge >= 0.3 is 0 Å². The molecule has 0 saturated heterocycles. The van der Waals surface area contributed by atoms with Gasteiger partial charge in [-0.15, -0.1) is 0 Å². The van der Waals surface area contributed by atoms with E-state index in [-0.39, 0.29) is 23.7 Å². The Labute approximate surface area is 174 Å². The molecule has 8 heteroatoms. The van der Waals surface area contributed by atoms with Crippen molar-refractivity contribution in [2.45, 2.75) is 0 Å². The summed E-state index contributed by atoms with van der Waals surface area (Å²) in [5.74, 6) is -0.974. The van der Waals surface area contributed by atoms with E-state index in [9.17, 15) is 14.0 Å². The van der Waals surface area contributed by atoms with Gasteiger partial charge in [-0.2, -0.15) is 0 Å². The van der Waals surface area contributed by atoms with Crippen LogP contribution in [-0.2, 0) is 4.79 Å². The lowest BCUT2D eigenvalue weighted by molar-refractivity contribution is -0.118. The van der Waals surface area contributed by atoms with Crippen molar-refractivity contribution in [1.29, 1.82) is 0 Å². The van der Waals surface area contributed by atoms with Crippen LogP contribution >= 0.6 is 22.6 Å². The molecule has 142 valence electrons. The summed E-state index contributed by atoms with van der Waals surface area (Å²) in [4.78, 5) is 28.4. The van der Waals surface area contributed by atoms with Crippen LogP contribution in [0.2, 0.25) is 0 Å². The number of carbonyl (C=O) groups is 2. The van der Waals surface area contributed by atoms with Crippen molar-refractivity contribution in [2.24, 2.45) is 0 Å². The summed E-state index contributed by atoms with van der Waals surface area (Å²) in [5, 5.41) is 5.16. The highest BCUT2D eigenvalue weighted by Gasteiger charge is 2.13. The predicted molar refractivity (Wildman–Crippen MR) is 112 cm³/mol. The average Bonchev–Trinajstić information content (AvgIpc) is 2.70. The maximum absolute atomic E-state index is 13.6. The third kappa shape index (κ3) is 5.49. The van der Waals surface area contributed by atoms with Gasteiger partial charge < -0.3 is 15.4 Å². The summed E-state index contributed by atoms with van der Waals surface area (Å²) in [6, 6.07) is 15.8. The van der Waals surface area contributed by atoms with Crippen LogP contribution in [0.1, 0.15) is 10.5 Å². The standard InChI is InChI=1S/C20H15FIN3O3/c21-13-4-9-16(25-20(27)17-3-1-2-10-23-17)18(11-13)24-19(26)12-28-15-7-5-14(22)6-8-15/h1-11H,12H2,(H,24,26)(H,25,27). The molecule has 0 unspecified atom stereocenters. The summed E-state index contributed by atoms with van der Waals surface area (Å²) in [6.45, 7) is -0.259. The van der Waals surface area contributed by atoms with Crippen LogP contribution in [0.3, 0.4) is 0 Å². The molecule has 2 amide bonds. The van der Waals surface area contributed by atoms with Crippen molar-refractivity contribution in [3.8, 4) is 5.75 Å². The molecule has 0 atom stereocenters. The largest absolute Gasteiger partial charge is 0.484 e. The minimum absolute atomic E-state index is 0.125. The molecular weight excluding hydrogens is 476 g/mol. The summed E-state index contributed by atoms with van der Waals surface area (Å²) < 4.78 is 20.1. The lowest BCUT2D eigenvalue weighted by atomic mass is 10.2. The fourth-order valence-corrected chi connectivity index (χ4v) is 2.64. The zero-order valence-corrected chi connectivity index (χ0v) is 16.6. The van der Waals surface area contributed by atoms with E-state index in [1.807, 2.05) is 12.1 Å². The molecule has 3 rings (SSSR count). The molecule has 0 aliphatic rings. The first kappa shape index (κ1) is 19.7. The normalized spacial score (nSPS) is 10.2. The molecule has 0 fully saturated rings. The maximum atomic E-state index is 13.6. The maximum Gasteiger partial charge on any atom is 0.274 e. The van der Waals surface area contributed by atoms with Crippen LogP contribution in [-0.4, -0.2) is 23.4 Å². The zero-order valence-electron chi connectivity index (χ0n) is 14.5. The second-order valence-corrected chi connectivity index (χ2v) is 6.90. The van der Waals surface area contributed by atoms with Gasteiger partial charge in [-0.1, -0.05) is 6.07 Å². The fraction of sp³-hybridized carbons (Fsp3) is 0.0500. The number of carbonyl (C=O) groups excluding carboxylic acids is 2. The number of aromatic nitrogens is 1. The number of hydrogen-bond acceptors (Lipinski definition) is 4. The monoisotopic (exact) mass is 491 g/mol. The number of pyridine rings is 1. The molecule has 1 heterocycles. The van der Waals surface area contributed by atoms with E-state index >= 15 is 0 Å². The Morgan fingerprint density at radius 1 is 1.00 bits per heavy atom. The third-order valence-corrected chi connectivity index (χ3v) is 4.30. The second kappa shape index (κ2) is 9.27. The number of nitrogens with zero attached hydrogens (tertiary/aromatic N) is 1. The SMILES string of the molecule is O=C(COc1ccc(I)cc1)Nc1cc(F)ccc1NC(=O)c1ccccn1. The molecule has 0 aliphatic heterocycles. The van der Waals surface area contributed by atoms with Crippen molar-refractivity contribution in [1.82, 2.24) is 4.98 Å². The Balaban J connectivity index is 1.67. The number of anilines is 2. The van der Waals surface area contributed by atoms with Crippen molar-refractivity contribution >= 4 is 45.8 Å². The Morgan fingerprint density at radius 2 is 1.79 bits per heavy atom. The van der Waals surface area contributed by atoms with Gasteiger partial charge in [0, 0.05) is 9.77 Å². The first-order chi connectivity index (χ1) is 13.5. The van der Waals surface area contributed by atoms with Crippen LogP contribution in [0.5, 0.6) is 5.75 Å². The number of nitrogens with one attached hydrogen (secondary N) is 2. The van der Waals surface area contributed by atoms with E-state index < -0.39 is 17.6 Å². The van der Waals surface area contributed by atoms with Crippen molar-refractivity contribution in [3.63, 3.8) is 0 Å². The molecule has 1 aromatic heterocycles. The topological polar surface area (TPSA) is 80.3 Å². The molecule has 0 aliphatic carbocycles. The van der Waals surface area contributed by atoms with E-state index in [0.29, 0.717) is 5.75 Å². The molecule has 2 N–H and O–H groups in total. The van der Waals surface area contributed by atoms with Gasteiger partial charge in [0.1, 0.15) is 17.3 Å². The molecule has 0 bridgehead atoms. The van der Waals surface area contributed by atoms with Crippen LogP contribution < -0.4 is 15.4 Å². The van der Waals surface area contributed by atoms with E-state index in [1.54, 1.807) is 30.3 Å². The zero-order chi connectivity index (χ0) is 19.9. The number of rotatable bonds is 6. The highest BCUT2D eigenvalue weighted by Crippen LogP contribution is 2.23. The lowest BCUT2D eigenvalue weighted by Gasteiger charge is -2.13. The van der Waals surface area contributed by atoms with E-state index in [0.717, 1.165) is 9.64 Å². The molecule has 6 nitrogen and oxygen atoms in total. The molecule has 28 heavy (non-hydrogen) atoms. The van der Waals surface area contributed by atoms with E-state index in [4.69, 9.17) is 4.74 Å². The van der Waals surface area contributed by atoms with Crippen molar-refractivity contribution in [3.05, 3.63) is 81.9 Å². The molecule has 3 aromatic rings. The second-order valence-electron chi connectivity index (χ2n) is 5.65. The summed E-state index contributed by atoms with van der Waals surface area (Å²) in [5.41, 5.74) is 0.575. The average molecular weight is 491 g/mol. The summed E-state index contributed by atoms with van der Waals surface area (Å²) in [7, 11) is 0. The van der Waals surface area contributed by atoms with Crippen LogP contribution in [0.15, 0.2) is 66.9 Å². The minimum Gasteiger partial charge on any atom is -0.484 e. The smallest absolute Gasteiger partial charge is 0.274 e. The van der Waals surface area contributed by atoms with Gasteiger partial charge in [-0.3, -0.25) is 14.6 Å². The predicted octanol–water partition coefficient (Wildman–Crippen LogP) is 4.10.